The van der Waals surface area contributed by atoms with Crippen molar-refractivity contribution in [1.29, 1.82) is 0 Å². The molecule has 0 saturated heterocycles. The second-order valence-corrected chi connectivity index (χ2v) is 3.25. The molecular weight excluding hydrogens is 195 g/mol. The summed E-state index contributed by atoms with van der Waals surface area (Å²) in [5.41, 5.74) is 1.53. The van der Waals surface area contributed by atoms with Gasteiger partial charge in [0, 0.05) is 11.8 Å². The number of benzene rings is 1. The van der Waals surface area contributed by atoms with Gasteiger partial charge < -0.3 is 4.57 Å². The first kappa shape index (κ1) is 9.58. The van der Waals surface area contributed by atoms with Crippen molar-refractivity contribution in [2.75, 3.05) is 0 Å². The lowest BCUT2D eigenvalue weighted by atomic mass is 10.2. The summed E-state index contributed by atoms with van der Waals surface area (Å²) in [5.74, 6) is -0.433. The molecule has 0 fully saturated rings. The minimum Gasteiger partial charge on any atom is -0.303 e. The Labute approximate surface area is 86.2 Å². The number of carbonyl (C=O) groups is 1. The lowest BCUT2D eigenvalue weighted by Crippen LogP contribution is -1.95. The first-order valence-corrected chi connectivity index (χ1v) is 4.46. The van der Waals surface area contributed by atoms with Gasteiger partial charge in [0.05, 0.1) is 17.7 Å². The number of imidazole rings is 1. The Balaban J connectivity index is 2.49. The number of aromatic nitrogens is 2. The van der Waals surface area contributed by atoms with Crippen LogP contribution in [-0.2, 0) is 0 Å². The van der Waals surface area contributed by atoms with Crippen molar-refractivity contribution in [2.45, 2.75) is 6.92 Å². The molecule has 4 heteroatoms. The molecule has 0 saturated carbocycles. The van der Waals surface area contributed by atoms with E-state index in [1.54, 1.807) is 22.9 Å². The van der Waals surface area contributed by atoms with Crippen LogP contribution in [0.5, 0.6) is 0 Å². The summed E-state index contributed by atoms with van der Waals surface area (Å²) < 4.78 is 15.1. The van der Waals surface area contributed by atoms with Crippen molar-refractivity contribution in [3.8, 4) is 5.69 Å². The van der Waals surface area contributed by atoms with Gasteiger partial charge in [-0.1, -0.05) is 0 Å². The van der Waals surface area contributed by atoms with E-state index in [9.17, 15) is 9.18 Å². The highest BCUT2D eigenvalue weighted by atomic mass is 19.1. The van der Waals surface area contributed by atoms with E-state index < -0.39 is 5.82 Å². The van der Waals surface area contributed by atoms with Crippen molar-refractivity contribution in [2.24, 2.45) is 0 Å². The molecule has 0 radical (unpaired) electrons. The van der Waals surface area contributed by atoms with Crippen LogP contribution in [0.4, 0.5) is 4.39 Å². The molecule has 0 bridgehead atoms. The first-order chi connectivity index (χ1) is 7.20. The molecule has 1 aromatic heterocycles. The smallest absolute Gasteiger partial charge is 0.150 e. The number of halogens is 1. The molecule has 1 heterocycles. The van der Waals surface area contributed by atoms with Crippen LogP contribution >= 0.6 is 0 Å². The number of aryl methyl sites for hydroxylation is 1. The van der Waals surface area contributed by atoms with Crippen molar-refractivity contribution >= 4 is 6.29 Å². The van der Waals surface area contributed by atoms with Crippen LogP contribution in [0.15, 0.2) is 30.7 Å². The van der Waals surface area contributed by atoms with E-state index in [2.05, 4.69) is 4.98 Å². The Kier molecular flexibility index (Phi) is 2.33. The average molecular weight is 204 g/mol. The van der Waals surface area contributed by atoms with Crippen molar-refractivity contribution in [3.63, 3.8) is 0 Å². The van der Waals surface area contributed by atoms with Crippen LogP contribution in [0.3, 0.4) is 0 Å². The molecule has 0 aliphatic carbocycles. The summed E-state index contributed by atoms with van der Waals surface area (Å²) in [6.45, 7) is 1.83. The number of aldehydes is 1. The van der Waals surface area contributed by atoms with Gasteiger partial charge in [-0.05, 0) is 25.1 Å². The molecule has 0 N–H and O–H groups in total. The van der Waals surface area contributed by atoms with E-state index >= 15 is 0 Å². The number of hydrogen-bond acceptors (Lipinski definition) is 2. The molecule has 0 unspecified atom stereocenters. The van der Waals surface area contributed by atoms with E-state index in [0.717, 1.165) is 5.69 Å². The number of nitrogens with zero attached hydrogens (tertiary/aromatic N) is 2. The third kappa shape index (κ3) is 1.79. The molecule has 1 aromatic carbocycles. The molecule has 76 valence electrons. The van der Waals surface area contributed by atoms with E-state index in [4.69, 9.17) is 0 Å². The van der Waals surface area contributed by atoms with Crippen molar-refractivity contribution in [3.05, 3.63) is 47.8 Å². The van der Waals surface area contributed by atoms with Gasteiger partial charge in [0.1, 0.15) is 12.1 Å². The van der Waals surface area contributed by atoms with Crippen LogP contribution in [0.25, 0.3) is 5.69 Å². The monoisotopic (exact) mass is 204 g/mol. The average Bonchev–Trinajstić information content (AvgIpc) is 2.64. The lowest BCUT2D eigenvalue weighted by molar-refractivity contribution is 0.112. The maximum atomic E-state index is 13.5. The highest BCUT2D eigenvalue weighted by molar-refractivity contribution is 5.75. The van der Waals surface area contributed by atoms with Crippen LogP contribution in [0, 0.1) is 12.7 Å². The van der Waals surface area contributed by atoms with Gasteiger partial charge in [0.15, 0.2) is 0 Å². The first-order valence-electron chi connectivity index (χ1n) is 4.46. The Morgan fingerprint density at radius 3 is 2.80 bits per heavy atom. The predicted molar refractivity (Wildman–Crippen MR) is 53.6 cm³/mol. The van der Waals surface area contributed by atoms with Crippen molar-refractivity contribution < 1.29 is 9.18 Å². The quantitative estimate of drug-likeness (QED) is 0.702. The standard InChI is InChI=1S/C11H9FN2O/c1-8-5-14(7-13-8)11-3-2-9(6-15)4-10(11)12/h2-7H,1H3. The molecule has 2 rings (SSSR count). The van der Waals surface area contributed by atoms with Crippen LogP contribution in [0.1, 0.15) is 16.1 Å². The summed E-state index contributed by atoms with van der Waals surface area (Å²) in [6, 6.07) is 4.33. The summed E-state index contributed by atoms with van der Waals surface area (Å²) in [7, 11) is 0. The van der Waals surface area contributed by atoms with Crippen LogP contribution in [0.2, 0.25) is 0 Å². The molecule has 3 nitrogen and oxygen atoms in total. The minimum absolute atomic E-state index is 0.327. The Bertz CT molecular complexity index is 505. The highest BCUT2D eigenvalue weighted by Gasteiger charge is 2.05. The Morgan fingerprint density at radius 1 is 1.47 bits per heavy atom. The van der Waals surface area contributed by atoms with E-state index in [1.807, 2.05) is 6.92 Å². The van der Waals surface area contributed by atoms with E-state index in [0.29, 0.717) is 17.5 Å². The van der Waals surface area contributed by atoms with Gasteiger partial charge in [-0.3, -0.25) is 4.79 Å². The SMILES string of the molecule is Cc1cn(-c2ccc(C=O)cc2F)cn1. The molecule has 0 aliphatic heterocycles. The van der Waals surface area contributed by atoms with Gasteiger partial charge in [0.25, 0.3) is 0 Å². The van der Waals surface area contributed by atoms with E-state index in [-0.39, 0.29) is 0 Å². The van der Waals surface area contributed by atoms with E-state index in [1.165, 1.54) is 12.4 Å². The fourth-order valence-corrected chi connectivity index (χ4v) is 1.36. The largest absolute Gasteiger partial charge is 0.303 e. The second kappa shape index (κ2) is 3.65. The van der Waals surface area contributed by atoms with Gasteiger partial charge in [-0.2, -0.15) is 0 Å². The predicted octanol–water partition coefficient (Wildman–Crippen LogP) is 2.13. The van der Waals surface area contributed by atoms with Crippen LogP contribution < -0.4 is 0 Å². The zero-order valence-corrected chi connectivity index (χ0v) is 8.14. The molecule has 0 atom stereocenters. The fourth-order valence-electron chi connectivity index (χ4n) is 1.36. The van der Waals surface area contributed by atoms with Gasteiger partial charge in [-0.15, -0.1) is 0 Å². The molecular formula is C11H9FN2O. The molecule has 15 heavy (non-hydrogen) atoms. The minimum atomic E-state index is -0.433. The lowest BCUT2D eigenvalue weighted by Gasteiger charge is -2.03. The van der Waals surface area contributed by atoms with Gasteiger partial charge >= 0.3 is 0 Å². The summed E-state index contributed by atoms with van der Waals surface area (Å²) >= 11 is 0. The molecule has 0 aliphatic rings. The Morgan fingerprint density at radius 2 is 2.27 bits per heavy atom. The fraction of sp³-hybridized carbons (Fsp3) is 0.0909. The third-order valence-electron chi connectivity index (χ3n) is 2.10. The number of carbonyl (C=O) groups excluding carboxylic acids is 1. The third-order valence-corrected chi connectivity index (χ3v) is 2.10. The second-order valence-electron chi connectivity index (χ2n) is 3.25. The van der Waals surface area contributed by atoms with Gasteiger partial charge in [-0.25, -0.2) is 9.37 Å². The molecule has 0 amide bonds. The van der Waals surface area contributed by atoms with Gasteiger partial charge in [0.2, 0.25) is 0 Å². The number of rotatable bonds is 2. The molecule has 0 spiro atoms. The van der Waals surface area contributed by atoms with Crippen molar-refractivity contribution in [1.82, 2.24) is 9.55 Å². The van der Waals surface area contributed by atoms with Crippen LogP contribution in [-0.4, -0.2) is 15.8 Å². The number of hydrogen-bond donors (Lipinski definition) is 0. The maximum absolute atomic E-state index is 13.5. The zero-order valence-electron chi connectivity index (χ0n) is 8.14. The maximum Gasteiger partial charge on any atom is 0.150 e. The summed E-state index contributed by atoms with van der Waals surface area (Å²) in [6.07, 6.45) is 3.87. The summed E-state index contributed by atoms with van der Waals surface area (Å²) in [4.78, 5) is 14.4. The molecule has 2 aromatic rings. The zero-order chi connectivity index (χ0) is 10.8. The Hall–Kier alpha value is -1.97. The normalized spacial score (nSPS) is 10.3. The topological polar surface area (TPSA) is 34.9 Å². The summed E-state index contributed by atoms with van der Waals surface area (Å²) in [5, 5.41) is 0. The highest BCUT2D eigenvalue weighted by Crippen LogP contribution is 2.14.